The smallest absolute Gasteiger partial charge is 0.333 e. The van der Waals surface area contributed by atoms with E-state index in [0.29, 0.717) is 24.5 Å². The summed E-state index contributed by atoms with van der Waals surface area (Å²) in [5, 5.41) is 18.5. The van der Waals surface area contributed by atoms with Crippen LogP contribution < -0.4 is 5.32 Å². The number of anilines is 1. The van der Waals surface area contributed by atoms with E-state index in [4.69, 9.17) is 0 Å². The molecule has 2 aromatic rings. The van der Waals surface area contributed by atoms with Crippen LogP contribution in [0.2, 0.25) is 0 Å². The predicted octanol–water partition coefficient (Wildman–Crippen LogP) is 1.98. The minimum atomic E-state index is -0.361. The third kappa shape index (κ3) is 3.59. The molecule has 8 nitrogen and oxygen atoms in total. The molecule has 0 saturated heterocycles. The van der Waals surface area contributed by atoms with Crippen molar-refractivity contribution in [2.45, 2.75) is 32.7 Å². The van der Waals surface area contributed by atoms with Crippen LogP contribution in [0, 0.1) is 10.1 Å². The summed E-state index contributed by atoms with van der Waals surface area (Å²) >= 11 is 0. The summed E-state index contributed by atoms with van der Waals surface area (Å²) in [5.41, 5.74) is 0.609. The molecular formula is C13H20N6O2. The number of nitrogens with one attached hydrogen (secondary N) is 1. The SMILES string of the molecule is CCc1nn(C)c(NCCCCn2ccnc2)c1[N+](=O)[O-]. The van der Waals surface area contributed by atoms with Gasteiger partial charge in [0.1, 0.15) is 5.69 Å². The average molecular weight is 292 g/mol. The zero-order chi connectivity index (χ0) is 15.2. The number of aryl methyl sites for hydroxylation is 3. The maximum atomic E-state index is 11.2. The summed E-state index contributed by atoms with van der Waals surface area (Å²) in [6.45, 7) is 3.44. The first kappa shape index (κ1) is 15.0. The van der Waals surface area contributed by atoms with Gasteiger partial charge in [-0.1, -0.05) is 6.92 Å². The molecule has 0 radical (unpaired) electrons. The van der Waals surface area contributed by atoms with E-state index in [2.05, 4.69) is 15.4 Å². The van der Waals surface area contributed by atoms with Gasteiger partial charge in [-0.2, -0.15) is 5.10 Å². The molecule has 0 atom stereocenters. The molecule has 0 saturated carbocycles. The molecule has 0 aliphatic heterocycles. The van der Waals surface area contributed by atoms with Crippen LogP contribution >= 0.6 is 0 Å². The largest absolute Gasteiger partial charge is 0.365 e. The maximum absolute atomic E-state index is 11.2. The Balaban J connectivity index is 1.88. The van der Waals surface area contributed by atoms with E-state index in [1.54, 1.807) is 24.3 Å². The fourth-order valence-electron chi connectivity index (χ4n) is 2.24. The van der Waals surface area contributed by atoms with Crippen molar-refractivity contribution in [2.75, 3.05) is 11.9 Å². The molecule has 0 aliphatic rings. The van der Waals surface area contributed by atoms with Gasteiger partial charge in [0.2, 0.25) is 5.82 Å². The molecule has 0 spiro atoms. The van der Waals surface area contributed by atoms with E-state index in [9.17, 15) is 10.1 Å². The second-order valence-electron chi connectivity index (χ2n) is 4.81. The number of imidazole rings is 1. The molecule has 0 aliphatic carbocycles. The Bertz CT molecular complexity index is 590. The first-order chi connectivity index (χ1) is 10.1. The second-order valence-corrected chi connectivity index (χ2v) is 4.81. The molecule has 1 N–H and O–H groups in total. The van der Waals surface area contributed by atoms with Crippen LogP contribution in [0.5, 0.6) is 0 Å². The van der Waals surface area contributed by atoms with Crippen LogP contribution in [0.15, 0.2) is 18.7 Å². The minimum Gasteiger partial charge on any atom is -0.365 e. The van der Waals surface area contributed by atoms with Crippen molar-refractivity contribution in [1.29, 1.82) is 0 Å². The third-order valence-corrected chi connectivity index (χ3v) is 3.30. The average Bonchev–Trinajstić information content (AvgIpc) is 3.06. The molecule has 114 valence electrons. The summed E-state index contributed by atoms with van der Waals surface area (Å²) in [6.07, 6.45) is 7.91. The predicted molar refractivity (Wildman–Crippen MR) is 79.2 cm³/mol. The Kier molecular flexibility index (Phi) is 4.91. The van der Waals surface area contributed by atoms with Crippen molar-refractivity contribution in [3.8, 4) is 0 Å². The Morgan fingerprint density at radius 2 is 2.24 bits per heavy atom. The van der Waals surface area contributed by atoms with E-state index < -0.39 is 0 Å². The molecule has 0 unspecified atom stereocenters. The topological polar surface area (TPSA) is 90.8 Å². The van der Waals surface area contributed by atoms with Crippen LogP contribution in [0.25, 0.3) is 0 Å². The minimum absolute atomic E-state index is 0.0922. The molecule has 8 heteroatoms. The normalized spacial score (nSPS) is 10.8. The fourth-order valence-corrected chi connectivity index (χ4v) is 2.24. The van der Waals surface area contributed by atoms with Gasteiger partial charge in [0.15, 0.2) is 0 Å². The number of aromatic nitrogens is 4. The Labute approximate surface area is 122 Å². The monoisotopic (exact) mass is 292 g/mol. The van der Waals surface area contributed by atoms with Gasteiger partial charge >= 0.3 is 5.69 Å². The van der Waals surface area contributed by atoms with Crippen molar-refractivity contribution in [3.05, 3.63) is 34.5 Å². The Morgan fingerprint density at radius 1 is 1.43 bits per heavy atom. The van der Waals surface area contributed by atoms with Gasteiger partial charge in [-0.25, -0.2) is 9.67 Å². The first-order valence-electron chi connectivity index (χ1n) is 7.03. The van der Waals surface area contributed by atoms with Gasteiger partial charge in [-0.05, 0) is 19.3 Å². The lowest BCUT2D eigenvalue weighted by Crippen LogP contribution is -2.08. The van der Waals surface area contributed by atoms with Crippen molar-refractivity contribution >= 4 is 11.5 Å². The Morgan fingerprint density at radius 3 is 2.86 bits per heavy atom. The highest BCUT2D eigenvalue weighted by Gasteiger charge is 2.24. The highest BCUT2D eigenvalue weighted by Crippen LogP contribution is 2.28. The lowest BCUT2D eigenvalue weighted by Gasteiger charge is -2.06. The van der Waals surface area contributed by atoms with E-state index >= 15 is 0 Å². The molecule has 2 aromatic heterocycles. The quantitative estimate of drug-likeness (QED) is 0.456. The standard InChI is InChI=1S/C13H20N6O2/c1-3-11-12(19(20)21)13(17(2)16-11)15-6-4-5-8-18-9-7-14-10-18/h7,9-10,15H,3-6,8H2,1-2H3. The van der Waals surface area contributed by atoms with Crippen molar-refractivity contribution in [1.82, 2.24) is 19.3 Å². The molecule has 21 heavy (non-hydrogen) atoms. The Hall–Kier alpha value is -2.38. The van der Waals surface area contributed by atoms with Crippen LogP contribution in [0.1, 0.15) is 25.5 Å². The lowest BCUT2D eigenvalue weighted by molar-refractivity contribution is -0.384. The fraction of sp³-hybridized carbons (Fsp3) is 0.538. The van der Waals surface area contributed by atoms with Gasteiger partial charge in [0, 0.05) is 32.5 Å². The number of hydrogen-bond donors (Lipinski definition) is 1. The zero-order valence-electron chi connectivity index (χ0n) is 12.3. The summed E-state index contributed by atoms with van der Waals surface area (Å²) < 4.78 is 3.56. The first-order valence-corrected chi connectivity index (χ1v) is 7.03. The van der Waals surface area contributed by atoms with Gasteiger partial charge in [0.25, 0.3) is 0 Å². The molecule has 0 amide bonds. The van der Waals surface area contributed by atoms with Crippen LogP contribution in [-0.4, -0.2) is 30.8 Å². The molecule has 2 heterocycles. The third-order valence-electron chi connectivity index (χ3n) is 3.30. The number of nitrogens with zero attached hydrogens (tertiary/aromatic N) is 5. The molecular weight excluding hydrogens is 272 g/mol. The number of unbranched alkanes of at least 4 members (excludes halogenated alkanes) is 1. The highest BCUT2D eigenvalue weighted by molar-refractivity contribution is 5.59. The second kappa shape index (κ2) is 6.87. The molecule has 2 rings (SSSR count). The molecule has 0 bridgehead atoms. The van der Waals surface area contributed by atoms with Gasteiger partial charge in [-0.3, -0.25) is 10.1 Å². The summed E-state index contributed by atoms with van der Waals surface area (Å²) in [5.74, 6) is 0.486. The number of hydrogen-bond acceptors (Lipinski definition) is 5. The van der Waals surface area contributed by atoms with Crippen molar-refractivity contribution in [2.24, 2.45) is 7.05 Å². The van der Waals surface area contributed by atoms with E-state index in [1.165, 1.54) is 0 Å². The summed E-state index contributed by atoms with van der Waals surface area (Å²) in [7, 11) is 1.72. The zero-order valence-corrected chi connectivity index (χ0v) is 12.3. The van der Waals surface area contributed by atoms with Crippen molar-refractivity contribution in [3.63, 3.8) is 0 Å². The van der Waals surface area contributed by atoms with Crippen LogP contribution in [-0.2, 0) is 20.0 Å². The number of nitro groups is 1. The van der Waals surface area contributed by atoms with Gasteiger partial charge in [-0.15, -0.1) is 0 Å². The van der Waals surface area contributed by atoms with E-state index in [1.807, 2.05) is 17.7 Å². The molecule has 0 aromatic carbocycles. The maximum Gasteiger partial charge on any atom is 0.333 e. The van der Waals surface area contributed by atoms with Gasteiger partial charge < -0.3 is 9.88 Å². The van der Waals surface area contributed by atoms with Crippen molar-refractivity contribution < 1.29 is 4.92 Å². The lowest BCUT2D eigenvalue weighted by atomic mass is 10.2. The summed E-state index contributed by atoms with van der Waals surface area (Å²) in [4.78, 5) is 14.8. The van der Waals surface area contributed by atoms with Crippen LogP contribution in [0.4, 0.5) is 11.5 Å². The van der Waals surface area contributed by atoms with E-state index in [0.717, 1.165) is 19.4 Å². The van der Waals surface area contributed by atoms with Gasteiger partial charge in [0.05, 0.1) is 11.3 Å². The number of rotatable bonds is 8. The van der Waals surface area contributed by atoms with Crippen LogP contribution in [0.3, 0.4) is 0 Å². The summed E-state index contributed by atoms with van der Waals surface area (Å²) in [6, 6.07) is 0. The van der Waals surface area contributed by atoms with E-state index in [-0.39, 0.29) is 10.6 Å². The molecule has 0 fully saturated rings. The highest BCUT2D eigenvalue weighted by atomic mass is 16.6.